The van der Waals surface area contributed by atoms with Gasteiger partial charge in [0.05, 0.1) is 18.9 Å². The van der Waals surface area contributed by atoms with Gasteiger partial charge in [0.1, 0.15) is 6.04 Å². The number of carbonyl (C=O) groups is 2. The number of hydrogen-bond donors (Lipinski definition) is 0. The zero-order chi connectivity index (χ0) is 19.6. The summed E-state index contributed by atoms with van der Waals surface area (Å²) in [6.07, 6.45) is 1.60. The van der Waals surface area contributed by atoms with Crippen molar-refractivity contribution in [2.75, 3.05) is 33.3 Å². The van der Waals surface area contributed by atoms with Crippen LogP contribution in [0, 0.1) is 6.92 Å². The number of aromatic nitrogens is 2. The molecule has 1 atom stereocenters. The first kappa shape index (κ1) is 19.4. The van der Waals surface area contributed by atoms with Crippen LogP contribution in [0.2, 0.25) is 5.02 Å². The van der Waals surface area contributed by atoms with E-state index >= 15 is 0 Å². The Morgan fingerprint density at radius 1 is 1.19 bits per heavy atom. The molecule has 8 heteroatoms. The van der Waals surface area contributed by atoms with E-state index in [1.54, 1.807) is 21.8 Å². The Morgan fingerprint density at radius 2 is 1.85 bits per heavy atom. The van der Waals surface area contributed by atoms with Gasteiger partial charge in [-0.25, -0.2) is 4.79 Å². The lowest BCUT2D eigenvalue weighted by atomic mass is 10.0. The summed E-state index contributed by atoms with van der Waals surface area (Å²) < 4.78 is 6.69. The topological polar surface area (TPSA) is 67.7 Å². The normalized spacial score (nSPS) is 16.2. The SMILES string of the molecule is COC(=O)[C@H](c1ccccc1Cl)N1CCN(C(=O)c2cnn(C)c2C)CC1. The summed E-state index contributed by atoms with van der Waals surface area (Å²) in [6, 6.07) is 6.69. The van der Waals surface area contributed by atoms with Crippen LogP contribution in [-0.2, 0) is 16.6 Å². The lowest BCUT2D eigenvalue weighted by Gasteiger charge is -2.38. The molecule has 0 radical (unpaired) electrons. The number of piperazine rings is 1. The maximum Gasteiger partial charge on any atom is 0.327 e. The number of aryl methyl sites for hydroxylation is 1. The average molecular weight is 391 g/mol. The Labute approximate surface area is 163 Å². The summed E-state index contributed by atoms with van der Waals surface area (Å²) >= 11 is 6.31. The van der Waals surface area contributed by atoms with Gasteiger partial charge in [0.25, 0.3) is 5.91 Å². The number of esters is 1. The molecule has 0 N–H and O–H groups in total. The molecule has 0 unspecified atom stereocenters. The lowest BCUT2D eigenvalue weighted by molar-refractivity contribution is -0.148. The molecule has 1 saturated heterocycles. The van der Waals surface area contributed by atoms with E-state index in [0.29, 0.717) is 42.3 Å². The molecular formula is C19H23ClN4O3. The number of benzene rings is 1. The Morgan fingerprint density at radius 3 is 2.41 bits per heavy atom. The fraction of sp³-hybridized carbons (Fsp3) is 0.421. The molecule has 27 heavy (non-hydrogen) atoms. The second-order valence-electron chi connectivity index (χ2n) is 6.54. The van der Waals surface area contributed by atoms with Crippen molar-refractivity contribution in [2.24, 2.45) is 7.05 Å². The molecule has 0 aliphatic carbocycles. The van der Waals surface area contributed by atoms with Crippen LogP contribution >= 0.6 is 11.6 Å². The Hall–Kier alpha value is -2.38. The molecule has 1 aliphatic rings. The van der Waals surface area contributed by atoms with E-state index < -0.39 is 6.04 Å². The minimum atomic E-state index is -0.582. The van der Waals surface area contributed by atoms with E-state index in [2.05, 4.69) is 5.10 Å². The van der Waals surface area contributed by atoms with Crippen LogP contribution in [-0.4, -0.2) is 64.7 Å². The van der Waals surface area contributed by atoms with Crippen molar-refractivity contribution in [2.45, 2.75) is 13.0 Å². The van der Waals surface area contributed by atoms with Gasteiger partial charge in [-0.1, -0.05) is 29.8 Å². The highest BCUT2D eigenvalue weighted by molar-refractivity contribution is 6.31. The number of amides is 1. The molecule has 1 aromatic carbocycles. The Balaban J connectivity index is 1.74. The minimum Gasteiger partial charge on any atom is -0.468 e. The molecule has 0 spiro atoms. The number of ether oxygens (including phenoxy) is 1. The van der Waals surface area contributed by atoms with Crippen LogP contribution < -0.4 is 0 Å². The largest absolute Gasteiger partial charge is 0.468 e. The van der Waals surface area contributed by atoms with Crippen molar-refractivity contribution in [3.63, 3.8) is 0 Å². The third-order valence-electron chi connectivity index (χ3n) is 5.06. The van der Waals surface area contributed by atoms with Crippen molar-refractivity contribution in [3.05, 3.63) is 52.3 Å². The van der Waals surface area contributed by atoms with E-state index in [0.717, 1.165) is 5.69 Å². The smallest absolute Gasteiger partial charge is 0.327 e. The van der Waals surface area contributed by atoms with E-state index in [1.807, 2.05) is 37.1 Å². The number of rotatable bonds is 4. The molecule has 1 amide bonds. The Bertz CT molecular complexity index is 843. The van der Waals surface area contributed by atoms with E-state index in [9.17, 15) is 9.59 Å². The van der Waals surface area contributed by atoms with Gasteiger partial charge >= 0.3 is 5.97 Å². The van der Waals surface area contributed by atoms with E-state index in [4.69, 9.17) is 16.3 Å². The van der Waals surface area contributed by atoms with Crippen LogP contribution in [0.25, 0.3) is 0 Å². The monoisotopic (exact) mass is 390 g/mol. The first-order valence-electron chi connectivity index (χ1n) is 8.78. The van der Waals surface area contributed by atoms with Gasteiger partial charge in [-0.05, 0) is 18.6 Å². The summed E-state index contributed by atoms with van der Waals surface area (Å²) in [4.78, 5) is 29.0. The lowest BCUT2D eigenvalue weighted by Crippen LogP contribution is -2.51. The van der Waals surface area contributed by atoms with Gasteiger partial charge in [-0.2, -0.15) is 5.10 Å². The molecule has 2 heterocycles. The number of nitrogens with zero attached hydrogens (tertiary/aromatic N) is 4. The molecule has 0 bridgehead atoms. The maximum atomic E-state index is 12.8. The molecule has 3 rings (SSSR count). The standard InChI is InChI=1S/C19H23ClN4O3/c1-13-15(12-21-22(13)2)18(25)24-10-8-23(9-11-24)17(19(26)27-3)14-6-4-5-7-16(14)20/h4-7,12,17H,8-11H2,1-3H3/t17-/m0/s1. The first-order chi connectivity index (χ1) is 12.9. The zero-order valence-corrected chi connectivity index (χ0v) is 16.4. The highest BCUT2D eigenvalue weighted by atomic mass is 35.5. The summed E-state index contributed by atoms with van der Waals surface area (Å²) in [5.41, 5.74) is 2.17. The summed E-state index contributed by atoms with van der Waals surface area (Å²) in [5.74, 6) is -0.390. The molecular weight excluding hydrogens is 368 g/mol. The maximum absolute atomic E-state index is 12.8. The number of carbonyl (C=O) groups excluding carboxylic acids is 2. The third kappa shape index (κ3) is 3.84. The molecule has 7 nitrogen and oxygen atoms in total. The fourth-order valence-corrected chi connectivity index (χ4v) is 3.58. The van der Waals surface area contributed by atoms with Crippen molar-refractivity contribution < 1.29 is 14.3 Å². The van der Waals surface area contributed by atoms with Gasteiger partial charge in [0.2, 0.25) is 0 Å². The van der Waals surface area contributed by atoms with E-state index in [-0.39, 0.29) is 11.9 Å². The quantitative estimate of drug-likeness (QED) is 0.747. The molecule has 1 aromatic heterocycles. The number of halogens is 1. The highest BCUT2D eigenvalue weighted by Crippen LogP contribution is 2.29. The van der Waals surface area contributed by atoms with Gasteiger partial charge in [0.15, 0.2) is 0 Å². The van der Waals surface area contributed by atoms with Crippen molar-refractivity contribution in [3.8, 4) is 0 Å². The van der Waals surface area contributed by atoms with Gasteiger partial charge in [0, 0.05) is 43.9 Å². The number of methoxy groups -OCH3 is 1. The average Bonchev–Trinajstić information content (AvgIpc) is 3.02. The van der Waals surface area contributed by atoms with E-state index in [1.165, 1.54) is 7.11 Å². The second kappa shape index (κ2) is 8.10. The van der Waals surface area contributed by atoms with Gasteiger partial charge < -0.3 is 9.64 Å². The first-order valence-corrected chi connectivity index (χ1v) is 9.16. The summed E-state index contributed by atoms with van der Waals surface area (Å²) in [6.45, 7) is 4.02. The van der Waals surface area contributed by atoms with Crippen LogP contribution in [0.1, 0.15) is 27.7 Å². The minimum absolute atomic E-state index is 0.0346. The predicted octanol–water partition coefficient (Wildman–Crippen LogP) is 2.05. The van der Waals surface area contributed by atoms with Crippen LogP contribution in [0.15, 0.2) is 30.5 Å². The van der Waals surface area contributed by atoms with Crippen LogP contribution in [0.3, 0.4) is 0 Å². The van der Waals surface area contributed by atoms with Crippen molar-refractivity contribution in [1.82, 2.24) is 19.6 Å². The Kier molecular flexibility index (Phi) is 5.82. The fourth-order valence-electron chi connectivity index (χ4n) is 3.34. The third-order valence-corrected chi connectivity index (χ3v) is 5.40. The van der Waals surface area contributed by atoms with Gasteiger partial charge in [-0.15, -0.1) is 0 Å². The molecule has 144 valence electrons. The number of hydrogen-bond acceptors (Lipinski definition) is 5. The second-order valence-corrected chi connectivity index (χ2v) is 6.95. The zero-order valence-electron chi connectivity index (χ0n) is 15.7. The summed E-state index contributed by atoms with van der Waals surface area (Å²) in [5, 5.41) is 4.67. The van der Waals surface area contributed by atoms with Crippen molar-refractivity contribution in [1.29, 1.82) is 0 Å². The molecule has 1 aliphatic heterocycles. The molecule has 2 aromatic rings. The highest BCUT2D eigenvalue weighted by Gasteiger charge is 2.34. The summed E-state index contributed by atoms with van der Waals surface area (Å²) in [7, 11) is 3.19. The van der Waals surface area contributed by atoms with Crippen LogP contribution in [0.5, 0.6) is 0 Å². The van der Waals surface area contributed by atoms with Crippen LogP contribution in [0.4, 0.5) is 0 Å². The molecule has 0 saturated carbocycles. The predicted molar refractivity (Wildman–Crippen MR) is 102 cm³/mol. The molecule has 1 fully saturated rings. The van der Waals surface area contributed by atoms with Crippen molar-refractivity contribution >= 4 is 23.5 Å². The van der Waals surface area contributed by atoms with Gasteiger partial charge in [-0.3, -0.25) is 14.4 Å².